The van der Waals surface area contributed by atoms with E-state index in [0.29, 0.717) is 5.56 Å². The van der Waals surface area contributed by atoms with Gasteiger partial charge < -0.3 is 0 Å². The molecule has 0 aliphatic heterocycles. The molecule has 1 aromatic rings. The van der Waals surface area contributed by atoms with E-state index in [1.165, 1.54) is 19.3 Å². The largest absolute Gasteiger partial charge is 0.416 e. The SMILES string of the molecule is CN=Cc1ccc(C(F)(F)F)cc1Cl. The maximum atomic E-state index is 12.2. The van der Waals surface area contributed by atoms with Crippen LogP contribution in [0.1, 0.15) is 11.1 Å². The zero-order chi connectivity index (χ0) is 10.8. The summed E-state index contributed by atoms with van der Waals surface area (Å²) in [7, 11) is 1.52. The smallest absolute Gasteiger partial charge is 0.296 e. The highest BCUT2D eigenvalue weighted by Gasteiger charge is 2.30. The van der Waals surface area contributed by atoms with Crippen LogP contribution in [-0.4, -0.2) is 13.3 Å². The Morgan fingerprint density at radius 3 is 2.43 bits per heavy atom. The van der Waals surface area contributed by atoms with Gasteiger partial charge in [0.15, 0.2) is 0 Å². The lowest BCUT2D eigenvalue weighted by molar-refractivity contribution is -0.137. The van der Waals surface area contributed by atoms with Gasteiger partial charge in [0.05, 0.1) is 5.56 Å². The minimum Gasteiger partial charge on any atom is -0.296 e. The molecule has 0 saturated carbocycles. The fourth-order valence-corrected chi connectivity index (χ4v) is 1.18. The molecule has 1 rings (SSSR count). The van der Waals surface area contributed by atoms with Gasteiger partial charge in [-0.2, -0.15) is 13.2 Å². The van der Waals surface area contributed by atoms with Crippen LogP contribution in [-0.2, 0) is 6.18 Å². The third kappa shape index (κ3) is 2.48. The van der Waals surface area contributed by atoms with Crippen LogP contribution in [0, 0.1) is 0 Å². The van der Waals surface area contributed by atoms with Crippen molar-refractivity contribution in [3.05, 3.63) is 34.3 Å². The van der Waals surface area contributed by atoms with E-state index in [9.17, 15) is 13.2 Å². The van der Waals surface area contributed by atoms with E-state index < -0.39 is 11.7 Å². The van der Waals surface area contributed by atoms with Crippen molar-refractivity contribution in [2.75, 3.05) is 7.05 Å². The van der Waals surface area contributed by atoms with Gasteiger partial charge in [0, 0.05) is 23.8 Å². The molecular weight excluding hydrogens is 215 g/mol. The monoisotopic (exact) mass is 221 g/mol. The normalized spacial score (nSPS) is 12.4. The number of aliphatic imine (C=N–C) groups is 1. The molecule has 0 aliphatic carbocycles. The lowest BCUT2D eigenvalue weighted by Gasteiger charge is -2.07. The Morgan fingerprint density at radius 1 is 1.36 bits per heavy atom. The van der Waals surface area contributed by atoms with Crippen molar-refractivity contribution in [1.82, 2.24) is 0 Å². The molecule has 5 heteroatoms. The summed E-state index contributed by atoms with van der Waals surface area (Å²) in [5, 5.41) is 0.0467. The first-order chi connectivity index (χ1) is 6.45. The Kier molecular flexibility index (Phi) is 3.16. The summed E-state index contributed by atoms with van der Waals surface area (Å²) in [6.45, 7) is 0. The maximum Gasteiger partial charge on any atom is 0.416 e. The molecule has 0 unspecified atom stereocenters. The van der Waals surface area contributed by atoms with Crippen LogP contribution in [0.5, 0.6) is 0 Å². The maximum absolute atomic E-state index is 12.2. The number of rotatable bonds is 1. The van der Waals surface area contributed by atoms with Gasteiger partial charge >= 0.3 is 6.18 Å². The van der Waals surface area contributed by atoms with E-state index >= 15 is 0 Å². The lowest BCUT2D eigenvalue weighted by Crippen LogP contribution is -2.04. The first-order valence-electron chi connectivity index (χ1n) is 3.74. The standard InChI is InChI=1S/C9H7ClF3N/c1-14-5-6-2-3-7(4-8(6)10)9(11,12)13/h2-5H,1H3. The highest BCUT2D eigenvalue weighted by Crippen LogP contribution is 2.31. The van der Waals surface area contributed by atoms with Crippen LogP contribution in [0.2, 0.25) is 5.02 Å². The molecular formula is C9H7ClF3N. The topological polar surface area (TPSA) is 12.4 Å². The van der Waals surface area contributed by atoms with E-state index in [1.54, 1.807) is 0 Å². The molecule has 0 aromatic heterocycles. The molecule has 0 atom stereocenters. The van der Waals surface area contributed by atoms with Gasteiger partial charge in [-0.15, -0.1) is 0 Å². The highest BCUT2D eigenvalue weighted by atomic mass is 35.5. The molecule has 0 N–H and O–H groups in total. The third-order valence-electron chi connectivity index (χ3n) is 1.60. The molecule has 76 valence electrons. The Balaban J connectivity index is 3.13. The summed E-state index contributed by atoms with van der Waals surface area (Å²) in [5.41, 5.74) is -0.280. The molecule has 0 bridgehead atoms. The molecule has 0 spiro atoms. The van der Waals surface area contributed by atoms with Crippen LogP contribution in [0.25, 0.3) is 0 Å². The van der Waals surface area contributed by atoms with Gasteiger partial charge in [-0.3, -0.25) is 4.99 Å². The minimum atomic E-state index is -4.36. The van der Waals surface area contributed by atoms with Gasteiger partial charge in [0.25, 0.3) is 0 Å². The van der Waals surface area contributed by atoms with Gasteiger partial charge in [-0.05, 0) is 12.1 Å². The van der Waals surface area contributed by atoms with Gasteiger partial charge in [0.2, 0.25) is 0 Å². The van der Waals surface area contributed by atoms with E-state index in [0.717, 1.165) is 12.1 Å². The molecule has 0 radical (unpaired) electrons. The Labute approximate surface area is 84.2 Å². The van der Waals surface area contributed by atoms with Crippen molar-refractivity contribution < 1.29 is 13.2 Å². The summed E-state index contributed by atoms with van der Waals surface area (Å²) in [4.78, 5) is 3.67. The Hall–Kier alpha value is -1.03. The Bertz CT molecular complexity index is 358. The number of hydrogen-bond donors (Lipinski definition) is 0. The molecule has 14 heavy (non-hydrogen) atoms. The first-order valence-corrected chi connectivity index (χ1v) is 4.12. The molecule has 0 heterocycles. The predicted octanol–water partition coefficient (Wildman–Crippen LogP) is 3.41. The predicted molar refractivity (Wildman–Crippen MR) is 50.0 cm³/mol. The summed E-state index contributed by atoms with van der Waals surface area (Å²) >= 11 is 5.62. The average Bonchev–Trinajstić information content (AvgIpc) is 2.07. The van der Waals surface area contributed by atoms with Crippen molar-refractivity contribution in [2.24, 2.45) is 4.99 Å². The number of hydrogen-bond acceptors (Lipinski definition) is 1. The van der Waals surface area contributed by atoms with E-state index in [4.69, 9.17) is 11.6 Å². The van der Waals surface area contributed by atoms with Crippen molar-refractivity contribution in [3.8, 4) is 0 Å². The third-order valence-corrected chi connectivity index (χ3v) is 1.92. The van der Waals surface area contributed by atoms with Crippen LogP contribution in [0.4, 0.5) is 13.2 Å². The van der Waals surface area contributed by atoms with E-state index in [1.807, 2.05) is 0 Å². The van der Waals surface area contributed by atoms with Crippen molar-refractivity contribution in [1.29, 1.82) is 0 Å². The first kappa shape index (κ1) is 11.0. The second-order valence-electron chi connectivity index (χ2n) is 2.62. The second kappa shape index (κ2) is 4.00. The number of benzene rings is 1. The average molecular weight is 222 g/mol. The zero-order valence-corrected chi connectivity index (χ0v) is 8.02. The minimum absolute atomic E-state index is 0.0467. The number of nitrogens with zero attached hydrogens (tertiary/aromatic N) is 1. The zero-order valence-electron chi connectivity index (χ0n) is 7.27. The molecule has 0 fully saturated rings. The van der Waals surface area contributed by atoms with E-state index in [2.05, 4.69) is 4.99 Å². The van der Waals surface area contributed by atoms with Crippen molar-refractivity contribution in [3.63, 3.8) is 0 Å². The second-order valence-corrected chi connectivity index (χ2v) is 3.03. The summed E-state index contributed by atoms with van der Waals surface area (Å²) in [6.07, 6.45) is -2.95. The van der Waals surface area contributed by atoms with Crippen LogP contribution >= 0.6 is 11.6 Å². The number of alkyl halides is 3. The van der Waals surface area contributed by atoms with Crippen molar-refractivity contribution in [2.45, 2.75) is 6.18 Å². The number of halogens is 4. The molecule has 0 saturated heterocycles. The van der Waals surface area contributed by atoms with Crippen LogP contribution in [0.15, 0.2) is 23.2 Å². The molecule has 0 amide bonds. The molecule has 0 aliphatic rings. The fraction of sp³-hybridized carbons (Fsp3) is 0.222. The summed E-state index contributed by atoms with van der Waals surface area (Å²) in [6, 6.07) is 3.15. The quantitative estimate of drug-likeness (QED) is 0.645. The van der Waals surface area contributed by atoms with Crippen LogP contribution < -0.4 is 0 Å². The fourth-order valence-electron chi connectivity index (χ4n) is 0.947. The van der Waals surface area contributed by atoms with Crippen molar-refractivity contribution >= 4 is 17.8 Å². The molecule has 1 aromatic carbocycles. The summed E-state index contributed by atoms with van der Waals surface area (Å²) < 4.78 is 36.6. The van der Waals surface area contributed by atoms with Gasteiger partial charge in [-0.25, -0.2) is 0 Å². The summed E-state index contributed by atoms with van der Waals surface area (Å²) in [5.74, 6) is 0. The molecule has 1 nitrogen and oxygen atoms in total. The van der Waals surface area contributed by atoms with Gasteiger partial charge in [0.1, 0.15) is 0 Å². The Morgan fingerprint density at radius 2 is 2.00 bits per heavy atom. The lowest BCUT2D eigenvalue weighted by atomic mass is 10.1. The van der Waals surface area contributed by atoms with Gasteiger partial charge in [-0.1, -0.05) is 17.7 Å². The van der Waals surface area contributed by atoms with Crippen LogP contribution in [0.3, 0.4) is 0 Å². The van der Waals surface area contributed by atoms with E-state index in [-0.39, 0.29) is 5.02 Å². The highest BCUT2D eigenvalue weighted by molar-refractivity contribution is 6.33.